The Kier molecular flexibility index (Phi) is 4.63. The van der Waals surface area contributed by atoms with E-state index >= 15 is 0 Å². The fraction of sp³-hybridized carbons (Fsp3) is 0.300. The van der Waals surface area contributed by atoms with Crippen LogP contribution in [0.3, 0.4) is 0 Å². The summed E-state index contributed by atoms with van der Waals surface area (Å²) in [6.45, 7) is 0.385. The second-order valence-corrected chi connectivity index (χ2v) is 10.5. The summed E-state index contributed by atoms with van der Waals surface area (Å²) in [6.07, 6.45) is 3.51. The van der Waals surface area contributed by atoms with Crippen molar-refractivity contribution in [3.05, 3.63) is 78.4 Å². The summed E-state index contributed by atoms with van der Waals surface area (Å²) in [4.78, 5) is 5.15. The van der Waals surface area contributed by atoms with Crippen LogP contribution in [0.5, 0.6) is 11.5 Å². The molecule has 3 N–H and O–H groups in total. The molecular formula is C30H29N3O3. The minimum absolute atomic E-state index is 0.385. The molecule has 1 aromatic heterocycles. The molecular weight excluding hydrogens is 450 g/mol. The van der Waals surface area contributed by atoms with E-state index in [1.807, 2.05) is 36.4 Å². The standard InChI is InChI=1S/C30H29N3O3/c1-35-23-13-14-25-24(15-23)28-32-26(27(33(28)18-36-25)20-5-3-2-4-6-20)19-7-9-21(10-8-19)29(31)16-30(34,17-29)22-11-12-22/h2-10,13-15,22,34H,11-12,16-18,31H2,1H3/t29-,30-. The number of benzene rings is 3. The van der Waals surface area contributed by atoms with Crippen molar-refractivity contribution in [2.75, 3.05) is 7.11 Å². The van der Waals surface area contributed by atoms with Gasteiger partial charge in [0.25, 0.3) is 0 Å². The van der Waals surface area contributed by atoms with Gasteiger partial charge in [0.15, 0.2) is 6.73 Å². The second-order valence-electron chi connectivity index (χ2n) is 10.5. The zero-order valence-corrected chi connectivity index (χ0v) is 20.3. The Morgan fingerprint density at radius 1 is 1.00 bits per heavy atom. The third-order valence-electron chi connectivity index (χ3n) is 8.11. The number of nitrogens with two attached hydrogens (primary N) is 1. The molecule has 4 aromatic rings. The van der Waals surface area contributed by atoms with Crippen LogP contribution in [0.4, 0.5) is 0 Å². The first-order chi connectivity index (χ1) is 17.5. The number of aromatic nitrogens is 2. The summed E-state index contributed by atoms with van der Waals surface area (Å²) >= 11 is 0. The highest BCUT2D eigenvalue weighted by Gasteiger charge is 2.58. The highest BCUT2D eigenvalue weighted by Crippen LogP contribution is 2.57. The lowest BCUT2D eigenvalue weighted by Crippen LogP contribution is -2.60. The zero-order chi connectivity index (χ0) is 24.5. The molecule has 36 heavy (non-hydrogen) atoms. The first-order valence-electron chi connectivity index (χ1n) is 12.6. The molecule has 2 fully saturated rings. The van der Waals surface area contributed by atoms with Crippen molar-refractivity contribution in [1.29, 1.82) is 0 Å². The van der Waals surface area contributed by atoms with Crippen LogP contribution < -0.4 is 15.2 Å². The van der Waals surface area contributed by atoms with Crippen LogP contribution in [-0.4, -0.2) is 27.4 Å². The van der Waals surface area contributed by atoms with Crippen molar-refractivity contribution in [1.82, 2.24) is 9.55 Å². The molecule has 0 atom stereocenters. The minimum Gasteiger partial charge on any atom is -0.497 e. The maximum Gasteiger partial charge on any atom is 0.167 e. The SMILES string of the molecule is COc1ccc2c(c1)-c1nc(-c3ccc([C@]4(N)C[C@@](O)(C5CC5)C4)cc3)c(-c3ccccc3)n1CO2. The predicted octanol–water partition coefficient (Wildman–Crippen LogP) is 5.33. The van der Waals surface area contributed by atoms with Crippen molar-refractivity contribution in [3.8, 4) is 45.4 Å². The van der Waals surface area contributed by atoms with Crippen LogP contribution >= 0.6 is 0 Å². The van der Waals surface area contributed by atoms with Gasteiger partial charge in [0.2, 0.25) is 0 Å². The summed E-state index contributed by atoms with van der Waals surface area (Å²) in [5.41, 5.74) is 11.7. The van der Waals surface area contributed by atoms with Gasteiger partial charge in [-0.05, 0) is 55.4 Å². The lowest BCUT2D eigenvalue weighted by atomic mass is 9.60. The van der Waals surface area contributed by atoms with Gasteiger partial charge >= 0.3 is 0 Å². The predicted molar refractivity (Wildman–Crippen MR) is 138 cm³/mol. The third kappa shape index (κ3) is 3.29. The first-order valence-corrected chi connectivity index (χ1v) is 12.6. The van der Waals surface area contributed by atoms with Crippen molar-refractivity contribution >= 4 is 0 Å². The van der Waals surface area contributed by atoms with E-state index in [-0.39, 0.29) is 0 Å². The summed E-state index contributed by atoms with van der Waals surface area (Å²) in [5.74, 6) is 2.85. The number of ether oxygens (including phenoxy) is 2. The normalized spacial score (nSPS) is 24.3. The van der Waals surface area contributed by atoms with E-state index in [0.717, 1.165) is 63.8 Å². The average molecular weight is 480 g/mol. The summed E-state index contributed by atoms with van der Waals surface area (Å²) in [7, 11) is 1.66. The minimum atomic E-state index is -0.578. The molecule has 6 nitrogen and oxygen atoms in total. The molecule has 0 saturated heterocycles. The van der Waals surface area contributed by atoms with Crippen LogP contribution in [0, 0.1) is 5.92 Å². The molecule has 0 spiro atoms. The van der Waals surface area contributed by atoms with Crippen molar-refractivity contribution in [2.45, 2.75) is 43.6 Å². The van der Waals surface area contributed by atoms with Crippen LogP contribution in [0.1, 0.15) is 31.2 Å². The van der Waals surface area contributed by atoms with Gasteiger partial charge < -0.3 is 20.3 Å². The fourth-order valence-electron chi connectivity index (χ4n) is 6.06. The van der Waals surface area contributed by atoms with E-state index in [4.69, 9.17) is 20.2 Å². The molecule has 0 radical (unpaired) electrons. The van der Waals surface area contributed by atoms with E-state index in [2.05, 4.69) is 41.0 Å². The first kappa shape index (κ1) is 21.7. The van der Waals surface area contributed by atoms with Gasteiger partial charge in [-0.25, -0.2) is 4.98 Å². The number of nitrogens with zero attached hydrogens (tertiary/aromatic N) is 2. The number of imidazole rings is 1. The lowest BCUT2D eigenvalue weighted by molar-refractivity contribution is -0.106. The number of fused-ring (bicyclic) bond motifs is 3. The summed E-state index contributed by atoms with van der Waals surface area (Å²) < 4.78 is 13.7. The van der Waals surface area contributed by atoms with E-state index in [1.54, 1.807) is 7.11 Å². The van der Waals surface area contributed by atoms with Crippen LogP contribution in [0.25, 0.3) is 33.9 Å². The van der Waals surface area contributed by atoms with Gasteiger partial charge in [0, 0.05) is 16.7 Å². The molecule has 3 aromatic carbocycles. The molecule has 6 heteroatoms. The summed E-state index contributed by atoms with van der Waals surface area (Å²) in [5, 5.41) is 10.8. The molecule has 2 aliphatic carbocycles. The Labute approximate surface area is 210 Å². The Morgan fingerprint density at radius 2 is 1.75 bits per heavy atom. The molecule has 0 bridgehead atoms. The molecule has 2 heterocycles. The van der Waals surface area contributed by atoms with Gasteiger partial charge in [-0.3, -0.25) is 4.57 Å². The number of hydrogen-bond donors (Lipinski definition) is 2. The topological polar surface area (TPSA) is 82.5 Å². The molecule has 2 saturated carbocycles. The Hall–Kier alpha value is -3.61. The van der Waals surface area contributed by atoms with E-state index < -0.39 is 11.1 Å². The number of rotatable bonds is 5. The van der Waals surface area contributed by atoms with E-state index in [0.29, 0.717) is 25.5 Å². The van der Waals surface area contributed by atoms with Crippen molar-refractivity contribution in [3.63, 3.8) is 0 Å². The van der Waals surface area contributed by atoms with Crippen LogP contribution in [0.15, 0.2) is 72.8 Å². The summed E-state index contributed by atoms with van der Waals surface area (Å²) in [6, 6.07) is 24.5. The van der Waals surface area contributed by atoms with Crippen molar-refractivity contribution in [2.24, 2.45) is 11.7 Å². The number of aliphatic hydroxyl groups is 1. The van der Waals surface area contributed by atoms with Gasteiger partial charge in [0.05, 0.1) is 29.7 Å². The maximum atomic E-state index is 10.8. The highest BCUT2D eigenvalue weighted by molar-refractivity contribution is 5.84. The van der Waals surface area contributed by atoms with Gasteiger partial charge in [-0.1, -0.05) is 54.6 Å². The van der Waals surface area contributed by atoms with Crippen LogP contribution in [-0.2, 0) is 12.3 Å². The second kappa shape index (κ2) is 7.69. The van der Waals surface area contributed by atoms with E-state index in [1.165, 1.54) is 0 Å². The average Bonchev–Trinajstić information content (AvgIpc) is 3.68. The quantitative estimate of drug-likeness (QED) is 0.404. The van der Waals surface area contributed by atoms with Crippen molar-refractivity contribution < 1.29 is 14.6 Å². The smallest absolute Gasteiger partial charge is 0.167 e. The Balaban J connectivity index is 1.31. The van der Waals surface area contributed by atoms with Gasteiger partial charge in [-0.15, -0.1) is 0 Å². The Morgan fingerprint density at radius 3 is 2.44 bits per heavy atom. The third-order valence-corrected chi connectivity index (χ3v) is 8.11. The zero-order valence-electron chi connectivity index (χ0n) is 20.3. The van der Waals surface area contributed by atoms with Gasteiger partial charge in [-0.2, -0.15) is 0 Å². The molecule has 182 valence electrons. The Bertz CT molecular complexity index is 1450. The fourth-order valence-corrected chi connectivity index (χ4v) is 6.06. The molecule has 0 unspecified atom stereocenters. The van der Waals surface area contributed by atoms with Gasteiger partial charge in [0.1, 0.15) is 17.3 Å². The highest BCUT2D eigenvalue weighted by atomic mass is 16.5. The number of hydrogen-bond acceptors (Lipinski definition) is 5. The largest absolute Gasteiger partial charge is 0.497 e. The monoisotopic (exact) mass is 479 g/mol. The number of methoxy groups -OCH3 is 1. The molecule has 3 aliphatic rings. The lowest BCUT2D eigenvalue weighted by Gasteiger charge is -2.52. The molecule has 7 rings (SSSR count). The van der Waals surface area contributed by atoms with E-state index in [9.17, 15) is 5.11 Å². The molecule has 1 aliphatic heterocycles. The van der Waals surface area contributed by atoms with Crippen LogP contribution in [0.2, 0.25) is 0 Å². The molecule has 0 amide bonds. The maximum absolute atomic E-state index is 10.8.